The summed E-state index contributed by atoms with van der Waals surface area (Å²) in [7, 11) is 3.00. The molecule has 2 N–H and O–H groups in total. The maximum absolute atomic E-state index is 11.3. The number of carbonyl (C=O) groups excluding carboxylic acids is 1. The highest BCUT2D eigenvalue weighted by atomic mass is 16.7. The Morgan fingerprint density at radius 1 is 1.57 bits per heavy atom. The molecule has 0 saturated heterocycles. The van der Waals surface area contributed by atoms with Gasteiger partial charge in [0.1, 0.15) is 18.1 Å². The summed E-state index contributed by atoms with van der Waals surface area (Å²) in [6.07, 6.45) is 1.02. The van der Waals surface area contributed by atoms with Crippen molar-refractivity contribution in [2.24, 2.45) is 21.6 Å². The predicted octanol–water partition coefficient (Wildman–Crippen LogP) is -0.463. The number of amidine groups is 1. The third-order valence-electron chi connectivity index (χ3n) is 2.00. The van der Waals surface area contributed by atoms with Crippen LogP contribution in [0.2, 0.25) is 0 Å². The lowest BCUT2D eigenvalue weighted by Gasteiger charge is -2.19. The molecule has 1 unspecified atom stereocenters. The maximum atomic E-state index is 11.3. The molecule has 0 aromatic carbocycles. The number of hydrogen-bond acceptors (Lipinski definition) is 5. The van der Waals surface area contributed by atoms with Crippen LogP contribution in [-0.2, 0) is 14.3 Å². The van der Waals surface area contributed by atoms with Crippen molar-refractivity contribution in [1.29, 1.82) is 0 Å². The molecule has 0 fully saturated rings. The molecule has 14 heavy (non-hydrogen) atoms. The predicted molar refractivity (Wildman–Crippen MR) is 51.0 cm³/mol. The number of rotatable bonds is 4. The number of hydrogen-bond donors (Lipinski definition) is 1. The zero-order valence-corrected chi connectivity index (χ0v) is 8.14. The van der Waals surface area contributed by atoms with Crippen molar-refractivity contribution in [2.75, 3.05) is 14.2 Å². The van der Waals surface area contributed by atoms with Gasteiger partial charge in [-0.05, 0) is 0 Å². The quantitative estimate of drug-likeness (QED) is 0.620. The topological polar surface area (TPSA) is 86.3 Å². The molecule has 0 aromatic heterocycles. The fourth-order valence-electron chi connectivity index (χ4n) is 1.16. The summed E-state index contributed by atoms with van der Waals surface area (Å²) in [6, 6.07) is 0. The second-order valence-electron chi connectivity index (χ2n) is 2.83. The summed E-state index contributed by atoms with van der Waals surface area (Å²) in [5.41, 5.74) is 5.55. The fraction of sp³-hybridized carbons (Fsp3) is 0.625. The largest absolute Gasteiger partial charge is 0.386 e. The Balaban J connectivity index is 2.63. The first-order valence-corrected chi connectivity index (χ1v) is 4.14. The third kappa shape index (κ3) is 2.36. The van der Waals surface area contributed by atoms with Crippen molar-refractivity contribution in [2.45, 2.75) is 12.7 Å². The van der Waals surface area contributed by atoms with E-state index in [2.05, 4.69) is 9.98 Å². The van der Waals surface area contributed by atoms with Gasteiger partial charge < -0.3 is 15.2 Å². The Bertz CT molecular complexity index is 271. The SMILES string of the molecule is COC(CC1C(=O)N=CN=C1N)OC. The lowest BCUT2D eigenvalue weighted by atomic mass is 10.0. The number of carbonyl (C=O) groups is 1. The van der Waals surface area contributed by atoms with E-state index in [0.717, 1.165) is 6.34 Å². The van der Waals surface area contributed by atoms with Gasteiger partial charge in [-0.15, -0.1) is 0 Å². The van der Waals surface area contributed by atoms with Crippen LogP contribution in [0.1, 0.15) is 6.42 Å². The van der Waals surface area contributed by atoms with Gasteiger partial charge in [0.05, 0.1) is 0 Å². The zero-order valence-electron chi connectivity index (χ0n) is 8.14. The molecule has 1 amide bonds. The molecule has 78 valence electrons. The highest BCUT2D eigenvalue weighted by Crippen LogP contribution is 2.14. The molecule has 0 saturated carbocycles. The molecule has 6 nitrogen and oxygen atoms in total. The molecule has 1 heterocycles. The molecule has 1 aliphatic rings. The maximum Gasteiger partial charge on any atom is 0.258 e. The third-order valence-corrected chi connectivity index (χ3v) is 2.00. The van der Waals surface area contributed by atoms with Crippen LogP contribution >= 0.6 is 0 Å². The van der Waals surface area contributed by atoms with Gasteiger partial charge in [-0.25, -0.2) is 9.98 Å². The summed E-state index contributed by atoms with van der Waals surface area (Å²) < 4.78 is 9.92. The first-order chi connectivity index (χ1) is 6.69. The van der Waals surface area contributed by atoms with E-state index < -0.39 is 12.2 Å². The van der Waals surface area contributed by atoms with Crippen molar-refractivity contribution in [1.82, 2.24) is 0 Å². The number of methoxy groups -OCH3 is 2. The first kappa shape index (κ1) is 10.8. The average Bonchev–Trinajstić information content (AvgIpc) is 2.18. The van der Waals surface area contributed by atoms with Crippen molar-refractivity contribution in [3.8, 4) is 0 Å². The van der Waals surface area contributed by atoms with Crippen LogP contribution in [0.15, 0.2) is 9.98 Å². The number of nitrogens with zero attached hydrogens (tertiary/aromatic N) is 2. The first-order valence-electron chi connectivity index (χ1n) is 4.14. The van der Waals surface area contributed by atoms with Crippen molar-refractivity contribution in [3.63, 3.8) is 0 Å². The van der Waals surface area contributed by atoms with Gasteiger partial charge in [-0.3, -0.25) is 4.79 Å². The van der Waals surface area contributed by atoms with E-state index in [1.165, 1.54) is 14.2 Å². The summed E-state index contributed by atoms with van der Waals surface area (Å²) in [4.78, 5) is 18.6. The lowest BCUT2D eigenvalue weighted by Crippen LogP contribution is -2.35. The molecule has 6 heteroatoms. The molecule has 0 bridgehead atoms. The molecule has 0 aliphatic carbocycles. The smallest absolute Gasteiger partial charge is 0.258 e. The number of aliphatic imine (C=N–C) groups is 2. The van der Waals surface area contributed by atoms with Crippen molar-refractivity contribution in [3.05, 3.63) is 0 Å². The summed E-state index contributed by atoms with van der Waals surface area (Å²) in [5, 5.41) is 0. The lowest BCUT2D eigenvalue weighted by molar-refractivity contribution is -0.130. The number of nitrogens with two attached hydrogens (primary N) is 1. The number of amides is 1. The Labute approximate surface area is 81.8 Å². The van der Waals surface area contributed by atoms with E-state index in [1.807, 2.05) is 0 Å². The Hall–Kier alpha value is -1.27. The fourth-order valence-corrected chi connectivity index (χ4v) is 1.16. The van der Waals surface area contributed by atoms with E-state index >= 15 is 0 Å². The van der Waals surface area contributed by atoms with Crippen LogP contribution in [0.3, 0.4) is 0 Å². The van der Waals surface area contributed by atoms with Crippen molar-refractivity contribution < 1.29 is 14.3 Å². The van der Waals surface area contributed by atoms with E-state index in [0.29, 0.717) is 6.42 Å². The van der Waals surface area contributed by atoms with Crippen LogP contribution in [0.4, 0.5) is 0 Å². The minimum absolute atomic E-state index is 0.254. The molecule has 0 aromatic rings. The van der Waals surface area contributed by atoms with Gasteiger partial charge in [0.2, 0.25) is 0 Å². The Morgan fingerprint density at radius 2 is 2.21 bits per heavy atom. The molecule has 1 aliphatic heterocycles. The monoisotopic (exact) mass is 199 g/mol. The second kappa shape index (κ2) is 4.83. The van der Waals surface area contributed by atoms with Gasteiger partial charge in [0.15, 0.2) is 6.29 Å². The van der Waals surface area contributed by atoms with Crippen LogP contribution in [0.5, 0.6) is 0 Å². The minimum atomic E-state index is -0.537. The number of ether oxygens (including phenoxy) is 2. The van der Waals surface area contributed by atoms with Crippen molar-refractivity contribution >= 4 is 18.1 Å². The second-order valence-corrected chi connectivity index (χ2v) is 2.83. The minimum Gasteiger partial charge on any atom is -0.386 e. The van der Waals surface area contributed by atoms with Gasteiger partial charge >= 0.3 is 0 Å². The molecule has 1 rings (SSSR count). The van der Waals surface area contributed by atoms with Crippen LogP contribution < -0.4 is 5.73 Å². The zero-order chi connectivity index (χ0) is 10.6. The highest BCUT2D eigenvalue weighted by molar-refractivity contribution is 6.10. The van der Waals surface area contributed by atoms with Gasteiger partial charge in [-0.2, -0.15) is 0 Å². The molecular formula is C8H13N3O3. The molecule has 0 radical (unpaired) electrons. The van der Waals surface area contributed by atoms with Crippen LogP contribution in [-0.4, -0.2) is 38.6 Å². The van der Waals surface area contributed by atoms with E-state index in [1.54, 1.807) is 0 Å². The van der Waals surface area contributed by atoms with Gasteiger partial charge in [0.25, 0.3) is 5.91 Å². The molecule has 0 spiro atoms. The van der Waals surface area contributed by atoms with Gasteiger partial charge in [0, 0.05) is 20.6 Å². The molecular weight excluding hydrogens is 186 g/mol. The summed E-state index contributed by atoms with van der Waals surface area (Å²) in [5.74, 6) is -0.592. The van der Waals surface area contributed by atoms with E-state index in [-0.39, 0.29) is 11.7 Å². The van der Waals surface area contributed by atoms with Gasteiger partial charge in [-0.1, -0.05) is 0 Å². The normalized spacial score (nSPS) is 21.5. The molecule has 1 atom stereocenters. The van der Waals surface area contributed by atoms with E-state index in [4.69, 9.17) is 15.2 Å². The van der Waals surface area contributed by atoms with Crippen LogP contribution in [0.25, 0.3) is 0 Å². The standard InChI is InChI=1S/C8H13N3O3/c1-13-6(14-2)3-5-7(9)10-4-11-8(5)12/h4-6H,3H2,1-2H3,(H2,9,10,11,12). The summed E-state index contributed by atoms with van der Waals surface area (Å²) in [6.45, 7) is 0. The van der Waals surface area contributed by atoms with Crippen LogP contribution in [0, 0.1) is 5.92 Å². The highest BCUT2D eigenvalue weighted by Gasteiger charge is 2.27. The van der Waals surface area contributed by atoms with E-state index in [9.17, 15) is 4.79 Å². The average molecular weight is 199 g/mol. The Kier molecular flexibility index (Phi) is 3.73. The summed E-state index contributed by atoms with van der Waals surface area (Å²) >= 11 is 0. The Morgan fingerprint density at radius 3 is 2.71 bits per heavy atom.